The second kappa shape index (κ2) is 10.6. The Morgan fingerprint density at radius 2 is 1.79 bits per heavy atom. The molecular weight excluding hydrogens is 356 g/mol. The highest BCUT2D eigenvalue weighted by Crippen LogP contribution is 2.28. The molecule has 7 nitrogen and oxygen atoms in total. The summed E-state index contributed by atoms with van der Waals surface area (Å²) in [6.45, 7) is 7.68. The van der Waals surface area contributed by atoms with Gasteiger partial charge < -0.3 is 14.4 Å². The first-order valence-corrected chi connectivity index (χ1v) is 9.66. The molecule has 150 valence electrons. The standard InChI is InChI=1S/C21H28N4O3/c1-5-11-25(12-6-2)20-19(23-17-9-7-8-10-18(17)24-20)16(13-22)21(26)28-15(3)14-27-4/h7-10,15-16H,5-6,11-12,14H2,1-4H3/t15-,16+/m1/s1. The van der Waals surface area contributed by atoms with Gasteiger partial charge in [-0.2, -0.15) is 5.26 Å². The van der Waals surface area contributed by atoms with Gasteiger partial charge in [0.1, 0.15) is 11.8 Å². The molecule has 0 aliphatic rings. The van der Waals surface area contributed by atoms with E-state index in [-0.39, 0.29) is 6.61 Å². The third kappa shape index (κ3) is 5.17. The number of nitrogens with zero attached hydrogens (tertiary/aromatic N) is 4. The molecule has 0 N–H and O–H groups in total. The van der Waals surface area contributed by atoms with Gasteiger partial charge in [-0.1, -0.05) is 26.0 Å². The summed E-state index contributed by atoms with van der Waals surface area (Å²) in [6, 6.07) is 9.53. The van der Waals surface area contributed by atoms with Crippen molar-refractivity contribution in [2.24, 2.45) is 0 Å². The third-order valence-electron chi connectivity index (χ3n) is 4.22. The minimum absolute atomic E-state index is 0.262. The highest BCUT2D eigenvalue weighted by atomic mass is 16.6. The summed E-state index contributed by atoms with van der Waals surface area (Å²) >= 11 is 0. The number of methoxy groups -OCH3 is 1. The summed E-state index contributed by atoms with van der Waals surface area (Å²) in [7, 11) is 1.53. The summed E-state index contributed by atoms with van der Waals surface area (Å²) < 4.78 is 10.4. The van der Waals surface area contributed by atoms with Gasteiger partial charge in [0.2, 0.25) is 0 Å². The molecule has 7 heteroatoms. The summed E-state index contributed by atoms with van der Waals surface area (Å²) in [5.41, 5.74) is 1.72. The van der Waals surface area contributed by atoms with Crippen molar-refractivity contribution in [1.29, 1.82) is 5.26 Å². The third-order valence-corrected chi connectivity index (χ3v) is 4.22. The van der Waals surface area contributed by atoms with Crippen LogP contribution in [-0.4, -0.2) is 48.8 Å². The van der Waals surface area contributed by atoms with Crippen molar-refractivity contribution < 1.29 is 14.3 Å². The average molecular weight is 384 g/mol. The van der Waals surface area contributed by atoms with Crippen LogP contribution in [0.15, 0.2) is 24.3 Å². The smallest absolute Gasteiger partial charge is 0.330 e. The number of nitriles is 1. The first kappa shape index (κ1) is 21.6. The highest BCUT2D eigenvalue weighted by Gasteiger charge is 2.30. The fraction of sp³-hybridized carbons (Fsp3) is 0.524. The lowest BCUT2D eigenvalue weighted by Crippen LogP contribution is -2.30. The van der Waals surface area contributed by atoms with Crippen LogP contribution in [0, 0.1) is 11.3 Å². The molecule has 0 radical (unpaired) electrons. The number of para-hydroxylation sites is 2. The van der Waals surface area contributed by atoms with E-state index in [9.17, 15) is 10.1 Å². The molecule has 0 aliphatic carbocycles. The van der Waals surface area contributed by atoms with E-state index in [1.165, 1.54) is 7.11 Å². The molecule has 2 rings (SSSR count). The maximum absolute atomic E-state index is 12.7. The molecule has 0 amide bonds. The summed E-state index contributed by atoms with van der Waals surface area (Å²) in [5.74, 6) is -1.21. The molecule has 1 aromatic carbocycles. The molecule has 0 aliphatic heterocycles. The Hall–Kier alpha value is -2.72. The van der Waals surface area contributed by atoms with Crippen LogP contribution in [0.25, 0.3) is 11.0 Å². The van der Waals surface area contributed by atoms with Crippen molar-refractivity contribution in [3.05, 3.63) is 30.0 Å². The van der Waals surface area contributed by atoms with Crippen LogP contribution in [-0.2, 0) is 14.3 Å². The van der Waals surface area contributed by atoms with Gasteiger partial charge in [-0.15, -0.1) is 0 Å². The predicted molar refractivity (Wildman–Crippen MR) is 108 cm³/mol. The lowest BCUT2D eigenvalue weighted by Gasteiger charge is -2.26. The molecule has 0 fully saturated rings. The van der Waals surface area contributed by atoms with Gasteiger partial charge in [-0.3, -0.25) is 4.79 Å². The average Bonchev–Trinajstić information content (AvgIpc) is 2.68. The van der Waals surface area contributed by atoms with E-state index in [1.807, 2.05) is 24.3 Å². The van der Waals surface area contributed by atoms with Crippen molar-refractivity contribution in [3.63, 3.8) is 0 Å². The Labute approximate surface area is 166 Å². The van der Waals surface area contributed by atoms with Gasteiger partial charge in [-0.05, 0) is 31.9 Å². The monoisotopic (exact) mass is 384 g/mol. The van der Waals surface area contributed by atoms with E-state index >= 15 is 0 Å². The molecular formula is C21H28N4O3. The Morgan fingerprint density at radius 3 is 2.32 bits per heavy atom. The summed E-state index contributed by atoms with van der Waals surface area (Å²) in [4.78, 5) is 24.2. The minimum Gasteiger partial charge on any atom is -0.459 e. The Kier molecular flexibility index (Phi) is 8.15. The van der Waals surface area contributed by atoms with E-state index in [2.05, 4.69) is 29.8 Å². The van der Waals surface area contributed by atoms with E-state index in [0.29, 0.717) is 17.0 Å². The number of benzene rings is 1. The maximum atomic E-state index is 12.7. The van der Waals surface area contributed by atoms with Crippen LogP contribution in [0.5, 0.6) is 0 Å². The Balaban J connectivity index is 2.53. The zero-order chi connectivity index (χ0) is 20.5. The second-order valence-corrected chi connectivity index (χ2v) is 6.67. The zero-order valence-electron chi connectivity index (χ0n) is 17.0. The molecule has 1 aromatic heterocycles. The number of hydrogen-bond acceptors (Lipinski definition) is 7. The fourth-order valence-electron chi connectivity index (χ4n) is 3.05. The van der Waals surface area contributed by atoms with E-state index in [4.69, 9.17) is 14.5 Å². The molecule has 0 saturated carbocycles. The first-order chi connectivity index (χ1) is 13.5. The molecule has 0 saturated heterocycles. The summed E-state index contributed by atoms with van der Waals surface area (Å²) in [6.07, 6.45) is 1.38. The van der Waals surface area contributed by atoms with E-state index in [0.717, 1.165) is 31.4 Å². The fourth-order valence-corrected chi connectivity index (χ4v) is 3.05. The van der Waals surface area contributed by atoms with Crippen LogP contribution in [0.2, 0.25) is 0 Å². The molecule has 2 atom stereocenters. The topological polar surface area (TPSA) is 88.3 Å². The van der Waals surface area contributed by atoms with Crippen LogP contribution < -0.4 is 4.90 Å². The zero-order valence-corrected chi connectivity index (χ0v) is 17.0. The number of esters is 1. The highest BCUT2D eigenvalue weighted by molar-refractivity contribution is 5.85. The molecule has 0 bridgehead atoms. The molecule has 1 heterocycles. The van der Waals surface area contributed by atoms with Crippen molar-refractivity contribution in [3.8, 4) is 6.07 Å². The number of anilines is 1. The number of ether oxygens (including phenoxy) is 2. The van der Waals surface area contributed by atoms with Gasteiger partial charge in [0, 0.05) is 20.2 Å². The van der Waals surface area contributed by atoms with Crippen molar-refractivity contribution in [1.82, 2.24) is 9.97 Å². The van der Waals surface area contributed by atoms with E-state index in [1.54, 1.807) is 6.92 Å². The van der Waals surface area contributed by atoms with Crippen molar-refractivity contribution >= 4 is 22.8 Å². The van der Waals surface area contributed by atoms with Gasteiger partial charge in [0.15, 0.2) is 11.7 Å². The number of fused-ring (bicyclic) bond motifs is 1. The van der Waals surface area contributed by atoms with Gasteiger partial charge in [0.05, 0.1) is 23.7 Å². The van der Waals surface area contributed by atoms with Crippen molar-refractivity contribution in [2.75, 3.05) is 31.7 Å². The minimum atomic E-state index is -1.15. The van der Waals surface area contributed by atoms with Crippen molar-refractivity contribution in [2.45, 2.75) is 45.6 Å². The molecule has 0 unspecified atom stereocenters. The number of aromatic nitrogens is 2. The lowest BCUT2D eigenvalue weighted by atomic mass is 10.1. The number of hydrogen-bond donors (Lipinski definition) is 0. The normalized spacial score (nSPS) is 13.0. The Bertz CT molecular complexity index is 828. The lowest BCUT2D eigenvalue weighted by molar-refractivity contribution is -0.150. The van der Waals surface area contributed by atoms with Crippen LogP contribution in [0.1, 0.15) is 45.2 Å². The van der Waals surface area contributed by atoms with Gasteiger partial charge in [0.25, 0.3) is 0 Å². The predicted octanol–water partition coefficient (Wildman–Crippen LogP) is 3.44. The first-order valence-electron chi connectivity index (χ1n) is 9.66. The molecule has 0 spiro atoms. The number of rotatable bonds is 10. The van der Waals surface area contributed by atoms with Crippen LogP contribution in [0.4, 0.5) is 5.82 Å². The maximum Gasteiger partial charge on any atom is 0.330 e. The van der Waals surface area contributed by atoms with Gasteiger partial charge in [-0.25, -0.2) is 9.97 Å². The van der Waals surface area contributed by atoms with E-state index < -0.39 is 18.0 Å². The van der Waals surface area contributed by atoms with Crippen LogP contribution in [0.3, 0.4) is 0 Å². The van der Waals surface area contributed by atoms with Gasteiger partial charge >= 0.3 is 5.97 Å². The number of carbonyl (C=O) groups is 1. The Morgan fingerprint density at radius 1 is 1.18 bits per heavy atom. The number of carbonyl (C=O) groups excluding carboxylic acids is 1. The molecule has 2 aromatic rings. The SMILES string of the molecule is CCCN(CCC)c1nc2ccccc2nc1[C@H](C#N)C(=O)O[C@H](C)COC. The van der Waals surface area contributed by atoms with Crippen LogP contribution >= 0.6 is 0 Å². The summed E-state index contributed by atoms with van der Waals surface area (Å²) in [5, 5.41) is 9.76. The largest absolute Gasteiger partial charge is 0.459 e. The second-order valence-electron chi connectivity index (χ2n) is 6.67. The quantitative estimate of drug-likeness (QED) is 0.580. The molecule has 28 heavy (non-hydrogen) atoms.